The number of nitrogens with one attached hydrogen (secondary N) is 1. The predicted molar refractivity (Wildman–Crippen MR) is 265 cm³/mol. The number of phosphoric acid groups is 2. The Morgan fingerprint density at radius 1 is 0.603 bits per heavy atom. The van der Waals surface area contributed by atoms with E-state index in [1.54, 1.807) is 0 Å². The summed E-state index contributed by atoms with van der Waals surface area (Å²) in [5.74, 6) is 10.4. The number of nitrogen functional groups attached to an aromatic ring is 1. The average Bonchev–Trinajstić information content (AvgIpc) is 3.73. The molecule has 2 aromatic heterocycles. The number of hydrogen-bond acceptors (Lipinski definition) is 27. The van der Waals surface area contributed by atoms with Gasteiger partial charge >= 0.3 is 232 Å². The first-order valence-electron chi connectivity index (χ1n) is 22.0. The number of aliphatic hydroxyl groups excluding tert-OH is 8. The molecule has 0 aromatic carbocycles. The summed E-state index contributed by atoms with van der Waals surface area (Å²) in [7, 11) is 3.64. The van der Waals surface area contributed by atoms with E-state index in [1.165, 1.54) is 12.3 Å². The second-order valence-electron chi connectivity index (χ2n) is 17.9. The molecule has 0 amide bonds. The van der Waals surface area contributed by atoms with Gasteiger partial charge in [-0.05, 0) is 6.07 Å². The van der Waals surface area contributed by atoms with Crippen LogP contribution in [0.15, 0.2) is 38.9 Å². The first kappa shape index (κ1) is 77.1. The molecular weight excluding hydrogens is 1170 g/mol. The summed E-state index contributed by atoms with van der Waals surface area (Å²) in [6.07, 6.45) is -9.34. The van der Waals surface area contributed by atoms with E-state index in [2.05, 4.69) is 37.0 Å². The SMILES string of the molecule is C[N+](C)(C#P=O)CCO.C[N+](C)(C#P=O)CCO.C[N+](C)(C#P=O)CCO.C[N+](C)(C#P=O)CCO.Nc1ccn([C@@H]2O[C@H](COP(=O)([O-])[O-])[C@@H](O)[C@H]2O)c(=O)n1.O=c1ccn([C@@H]2O[C@H](COP(=O)([O-])[O-])[C@@H](O)[C@H]2O)c(=O)[nH]1. The fraction of sp³-hybridized carbons (Fsp3) is 0.684. The first-order valence-corrected chi connectivity index (χ1v) is 28.2. The quantitative estimate of drug-likeness (QED) is 0.0552. The van der Waals surface area contributed by atoms with Gasteiger partial charge in [0.1, 0.15) is 42.4 Å². The Morgan fingerprint density at radius 2 is 0.910 bits per heavy atom. The van der Waals surface area contributed by atoms with Crippen LogP contribution in [0.3, 0.4) is 0 Å². The van der Waals surface area contributed by atoms with Crippen LogP contribution in [-0.2, 0) is 45.9 Å². The van der Waals surface area contributed by atoms with Gasteiger partial charge in [-0.1, -0.05) is 0 Å². The van der Waals surface area contributed by atoms with Crippen molar-refractivity contribution in [3.8, 4) is 23.0 Å². The number of ether oxygens (including phenoxy) is 2. The number of aromatic nitrogens is 4. The van der Waals surface area contributed by atoms with Crippen LogP contribution in [0, 0.1) is 23.0 Å². The monoisotopic (exact) mass is 1240 g/mol. The summed E-state index contributed by atoms with van der Waals surface area (Å²) in [5, 5.41) is 72.9. The van der Waals surface area contributed by atoms with Gasteiger partial charge in [-0.2, -0.15) is 4.98 Å². The summed E-state index contributed by atoms with van der Waals surface area (Å²) in [6.45, 7) is 0.984. The number of aliphatic hydroxyl groups is 8. The molecule has 0 saturated carbocycles. The van der Waals surface area contributed by atoms with E-state index < -0.39 is 94.9 Å². The number of nitrogens with two attached hydrogens (primary N) is 1. The van der Waals surface area contributed by atoms with E-state index in [1.807, 2.05) is 61.4 Å². The molecule has 34 nitrogen and oxygen atoms in total. The number of phosphoric ester groups is 2. The molecule has 0 bridgehead atoms. The van der Waals surface area contributed by atoms with Crippen molar-refractivity contribution < 1.29 is 124 Å². The van der Waals surface area contributed by atoms with Crippen LogP contribution in [-0.4, -0.2) is 237 Å². The fourth-order valence-electron chi connectivity index (χ4n) is 5.41. The third-order valence-corrected chi connectivity index (χ3v) is 13.0. The maximum Gasteiger partial charge on any atom is 0.351 e. The Morgan fingerprint density at radius 3 is 1.18 bits per heavy atom. The minimum atomic E-state index is -5.26. The van der Waals surface area contributed by atoms with E-state index in [9.17, 15) is 81.8 Å². The Labute approximate surface area is 451 Å². The molecule has 0 spiro atoms. The van der Waals surface area contributed by atoms with Gasteiger partial charge in [0.2, 0.25) is 0 Å². The van der Waals surface area contributed by atoms with E-state index >= 15 is 0 Å². The molecular formula is C38H67N9O25P6. The summed E-state index contributed by atoms with van der Waals surface area (Å²) in [5.41, 5.74) is 2.93. The molecule has 78 heavy (non-hydrogen) atoms. The topological polar surface area (TPSA) is 509 Å². The number of rotatable bonds is 16. The Bertz CT molecular complexity index is 2740. The summed E-state index contributed by atoms with van der Waals surface area (Å²) in [4.78, 5) is 81.0. The maximum absolute atomic E-state index is 11.6. The minimum Gasteiger partial charge on any atom is -0.790 e. The van der Waals surface area contributed by atoms with Crippen LogP contribution in [0.1, 0.15) is 12.5 Å². The van der Waals surface area contributed by atoms with Crippen molar-refractivity contribution in [2.24, 2.45) is 0 Å². The third kappa shape index (κ3) is 33.1. The van der Waals surface area contributed by atoms with Crippen LogP contribution in [0.5, 0.6) is 0 Å². The molecule has 444 valence electrons. The predicted octanol–water partition coefficient (Wildman–Crippen LogP) is -6.65. The number of nitrogens with zero attached hydrogens (tertiary/aromatic N) is 7. The smallest absolute Gasteiger partial charge is 0.351 e. The van der Waals surface area contributed by atoms with Gasteiger partial charge in [0.05, 0.1) is 28.9 Å². The molecule has 0 aliphatic carbocycles. The zero-order chi connectivity index (χ0) is 60.9. The zero-order valence-corrected chi connectivity index (χ0v) is 48.8. The molecule has 4 rings (SSSR count). The molecule has 2 aliphatic rings. The van der Waals surface area contributed by atoms with Crippen molar-refractivity contribution in [3.63, 3.8) is 0 Å². The molecule has 8 atom stereocenters. The first-order chi connectivity index (χ1) is 35.9. The molecule has 4 heterocycles. The van der Waals surface area contributed by atoms with Crippen molar-refractivity contribution in [2.45, 2.75) is 49.1 Å². The fourth-order valence-corrected chi connectivity index (χ4v) is 7.36. The van der Waals surface area contributed by atoms with Gasteiger partial charge in [0, 0.05) is 18.5 Å². The standard InChI is InChI=1S/C9H14N3O8P.C9H13N2O9P.4C5H11NO2P/c10-5-1-2-12(9(15)11-5)8-7(14)6(13)4(20-8)3-19-21(16,17)18;12-5-1-2-11(9(15)10-5)8-7(14)6(13)4(20-8)3-19-21(16,17)18;4*1-6(2,3-4-7)5-9-8/h1-2,4,6-8,13-14H,3H2,(H2,10,11,15)(H2,16,17,18);1-2,4,6-8,13-14H,3H2,(H,10,12,15)(H2,16,17,18);4*7H,3-4H2,1-2H3/q;;4*+1/p-4/t2*4-,6-,7-,8-;;;;/m11..../s1. The second kappa shape index (κ2) is 37.2. The summed E-state index contributed by atoms with van der Waals surface area (Å²) < 4.78 is 82.0. The zero-order valence-electron chi connectivity index (χ0n) is 43.4. The molecule has 2 aromatic rings. The van der Waals surface area contributed by atoms with Crippen molar-refractivity contribution in [3.05, 3.63) is 55.8 Å². The molecule has 2 fully saturated rings. The second-order valence-corrected chi connectivity index (χ2v) is 21.8. The molecule has 2 aliphatic heterocycles. The Kier molecular flexibility index (Phi) is 36.8. The molecule has 2 saturated heterocycles. The van der Waals surface area contributed by atoms with Gasteiger partial charge < -0.3 is 73.4 Å². The largest absolute Gasteiger partial charge is 0.790 e. The number of anilines is 1. The normalized spacial score (nSPS) is 20.9. The average molecular weight is 1240 g/mol. The Hall–Kier alpha value is -2.94. The molecule has 11 N–H and O–H groups in total. The molecule has 0 radical (unpaired) electrons. The number of quaternary nitrogens is 4. The van der Waals surface area contributed by atoms with Crippen LogP contribution in [0.2, 0.25) is 0 Å². The van der Waals surface area contributed by atoms with Crippen molar-refractivity contribution in [2.75, 3.05) is 128 Å². The number of hydrogen-bond donors (Lipinski definition) is 10. The van der Waals surface area contributed by atoms with Crippen LogP contribution in [0.25, 0.3) is 0 Å². The van der Waals surface area contributed by atoms with E-state index in [0.29, 0.717) is 44.1 Å². The van der Waals surface area contributed by atoms with Crippen molar-refractivity contribution in [1.29, 1.82) is 0 Å². The van der Waals surface area contributed by atoms with Gasteiger partial charge in [0.25, 0.3) is 5.56 Å². The van der Waals surface area contributed by atoms with E-state index in [4.69, 9.17) is 35.6 Å². The van der Waals surface area contributed by atoms with Gasteiger partial charge in [0.15, 0.2) is 12.5 Å². The number of aromatic amines is 1. The van der Waals surface area contributed by atoms with E-state index in [-0.39, 0.29) is 63.9 Å². The summed E-state index contributed by atoms with van der Waals surface area (Å²) in [6, 6.07) is 2.27. The van der Waals surface area contributed by atoms with Gasteiger partial charge in [-0.3, -0.25) is 18.9 Å². The van der Waals surface area contributed by atoms with Crippen LogP contribution in [0.4, 0.5) is 5.82 Å². The van der Waals surface area contributed by atoms with Crippen LogP contribution >= 0.6 is 47.3 Å². The van der Waals surface area contributed by atoms with Crippen molar-refractivity contribution in [1.82, 2.24) is 19.1 Å². The summed E-state index contributed by atoms with van der Waals surface area (Å²) >= 11 is 0. The van der Waals surface area contributed by atoms with Crippen molar-refractivity contribution >= 4 is 53.1 Å². The van der Waals surface area contributed by atoms with E-state index in [0.717, 1.165) is 21.4 Å². The maximum atomic E-state index is 11.6. The van der Waals surface area contributed by atoms with Gasteiger partial charge in [-0.15, -0.1) is 0 Å². The third-order valence-electron chi connectivity index (χ3n) is 9.60. The van der Waals surface area contributed by atoms with Crippen LogP contribution < -0.4 is 42.2 Å². The number of likely N-dealkylation sites (N-methyl/N-ethyl adjacent to an activating group) is 4. The molecule has 40 heteroatoms. The number of H-pyrrole nitrogens is 1. The molecule has 0 unspecified atom stereocenters. The minimum absolute atomic E-state index is 0.0391. The Balaban J connectivity index is 0. The van der Waals surface area contributed by atoms with Gasteiger partial charge in [-0.25, -0.2) is 9.59 Å².